The van der Waals surface area contributed by atoms with Gasteiger partial charge in [0.15, 0.2) is 0 Å². The third-order valence-electron chi connectivity index (χ3n) is 2.79. The van der Waals surface area contributed by atoms with Crippen molar-refractivity contribution < 1.29 is 4.74 Å². The van der Waals surface area contributed by atoms with E-state index in [1.807, 2.05) is 32.0 Å². The highest BCUT2D eigenvalue weighted by Crippen LogP contribution is 2.28. The average molecular weight is 307 g/mol. The Kier molecular flexibility index (Phi) is 3.87. The van der Waals surface area contributed by atoms with E-state index in [9.17, 15) is 0 Å². The number of hydrogen-bond donors (Lipinski definition) is 1. The third-order valence-corrected chi connectivity index (χ3v) is 3.22. The van der Waals surface area contributed by atoms with Crippen molar-refractivity contribution in [2.75, 3.05) is 5.73 Å². The first-order valence-electron chi connectivity index (χ1n) is 5.66. The summed E-state index contributed by atoms with van der Waals surface area (Å²) in [4.78, 5) is 4.11. The second-order valence-corrected chi connectivity index (χ2v) is 5.14. The van der Waals surface area contributed by atoms with Gasteiger partial charge in [-0.15, -0.1) is 0 Å². The molecule has 0 saturated carbocycles. The minimum atomic E-state index is 0.484. The molecule has 0 amide bonds. The number of nitrogen functional groups attached to an aromatic ring is 1. The Morgan fingerprint density at radius 1 is 1.28 bits per heavy atom. The third kappa shape index (κ3) is 2.82. The summed E-state index contributed by atoms with van der Waals surface area (Å²) in [7, 11) is 0. The highest BCUT2D eigenvalue weighted by atomic mass is 79.9. The molecule has 0 saturated heterocycles. The summed E-state index contributed by atoms with van der Waals surface area (Å²) in [5.41, 5.74) is 9.73. The molecule has 0 atom stereocenters. The van der Waals surface area contributed by atoms with Gasteiger partial charge in [-0.05, 0) is 47.5 Å². The molecule has 2 rings (SSSR count). The van der Waals surface area contributed by atoms with Crippen molar-refractivity contribution in [3.63, 3.8) is 0 Å². The number of hydrogen-bond acceptors (Lipinski definition) is 3. The second-order valence-electron chi connectivity index (χ2n) is 4.23. The average Bonchev–Trinajstić information content (AvgIpc) is 2.34. The number of nitrogens with two attached hydrogens (primary N) is 1. The smallest absolute Gasteiger partial charge is 0.127 e. The summed E-state index contributed by atoms with van der Waals surface area (Å²) < 4.78 is 6.80. The molecule has 2 aromatic rings. The molecule has 0 aliphatic heterocycles. The van der Waals surface area contributed by atoms with Gasteiger partial charge in [0, 0.05) is 33.7 Å². The number of ether oxygens (including phenoxy) is 1. The van der Waals surface area contributed by atoms with E-state index in [2.05, 4.69) is 20.9 Å². The molecule has 0 aliphatic rings. The van der Waals surface area contributed by atoms with E-state index in [1.54, 1.807) is 12.4 Å². The van der Waals surface area contributed by atoms with Crippen molar-refractivity contribution in [1.29, 1.82) is 0 Å². The van der Waals surface area contributed by atoms with E-state index >= 15 is 0 Å². The van der Waals surface area contributed by atoms with Crippen LogP contribution in [0.1, 0.15) is 16.7 Å². The zero-order valence-electron chi connectivity index (χ0n) is 10.4. The first kappa shape index (κ1) is 12.9. The van der Waals surface area contributed by atoms with Crippen LogP contribution in [0.15, 0.2) is 35.1 Å². The lowest BCUT2D eigenvalue weighted by Gasteiger charge is -2.13. The maximum atomic E-state index is 5.88. The highest BCUT2D eigenvalue weighted by Gasteiger charge is 2.07. The summed E-state index contributed by atoms with van der Waals surface area (Å²) in [5.74, 6) is 0.856. The maximum Gasteiger partial charge on any atom is 0.127 e. The lowest BCUT2D eigenvalue weighted by atomic mass is 10.1. The molecule has 4 heteroatoms. The molecule has 2 N–H and O–H groups in total. The van der Waals surface area contributed by atoms with E-state index in [-0.39, 0.29) is 0 Å². The van der Waals surface area contributed by atoms with Gasteiger partial charge in [0.05, 0.1) is 0 Å². The van der Waals surface area contributed by atoms with Gasteiger partial charge >= 0.3 is 0 Å². The summed E-state index contributed by atoms with van der Waals surface area (Å²) >= 11 is 3.39. The molecule has 0 aliphatic carbocycles. The largest absolute Gasteiger partial charge is 0.488 e. The quantitative estimate of drug-likeness (QED) is 0.881. The first-order valence-corrected chi connectivity index (χ1v) is 6.45. The Hall–Kier alpha value is -1.55. The first-order chi connectivity index (χ1) is 8.58. The molecule has 1 aromatic carbocycles. The fourth-order valence-electron chi connectivity index (χ4n) is 1.75. The van der Waals surface area contributed by atoms with Crippen LogP contribution in [0.2, 0.25) is 0 Å². The molecule has 94 valence electrons. The van der Waals surface area contributed by atoms with E-state index in [1.165, 1.54) is 0 Å². The van der Waals surface area contributed by atoms with Crippen molar-refractivity contribution in [1.82, 2.24) is 4.98 Å². The number of pyridine rings is 1. The van der Waals surface area contributed by atoms with Crippen LogP contribution >= 0.6 is 15.9 Å². The Morgan fingerprint density at radius 2 is 2.06 bits per heavy atom. The predicted octanol–water partition coefficient (Wildman–Crippen LogP) is 3.62. The van der Waals surface area contributed by atoms with Crippen molar-refractivity contribution in [3.05, 3.63) is 51.8 Å². The molecule has 1 heterocycles. The molecule has 18 heavy (non-hydrogen) atoms. The fourth-order valence-corrected chi connectivity index (χ4v) is 2.17. The van der Waals surface area contributed by atoms with Crippen LogP contribution in [0, 0.1) is 13.8 Å². The van der Waals surface area contributed by atoms with Crippen molar-refractivity contribution in [2.45, 2.75) is 20.5 Å². The predicted molar refractivity (Wildman–Crippen MR) is 76.6 cm³/mol. The van der Waals surface area contributed by atoms with Crippen molar-refractivity contribution in [3.8, 4) is 5.75 Å². The van der Waals surface area contributed by atoms with Gasteiger partial charge < -0.3 is 10.5 Å². The van der Waals surface area contributed by atoms with Crippen LogP contribution < -0.4 is 10.5 Å². The SMILES string of the molecule is Cc1ccc(N)c(C)c1OCc1cncc(Br)c1. The van der Waals surface area contributed by atoms with Crippen LogP contribution in [0.4, 0.5) is 5.69 Å². The number of benzene rings is 1. The molecule has 0 spiro atoms. The van der Waals surface area contributed by atoms with Crippen LogP contribution in [0.25, 0.3) is 0 Å². The normalized spacial score (nSPS) is 10.4. The van der Waals surface area contributed by atoms with E-state index < -0.39 is 0 Å². The zero-order chi connectivity index (χ0) is 13.1. The van der Waals surface area contributed by atoms with Crippen LogP contribution in [0.5, 0.6) is 5.75 Å². The molecule has 0 fully saturated rings. The van der Waals surface area contributed by atoms with Gasteiger partial charge in [0.1, 0.15) is 12.4 Å². The number of aromatic nitrogens is 1. The van der Waals surface area contributed by atoms with E-state index in [4.69, 9.17) is 10.5 Å². The van der Waals surface area contributed by atoms with Gasteiger partial charge in [0.25, 0.3) is 0 Å². The number of anilines is 1. The minimum Gasteiger partial charge on any atom is -0.488 e. The summed E-state index contributed by atoms with van der Waals surface area (Å²) in [6.45, 7) is 4.47. The summed E-state index contributed by atoms with van der Waals surface area (Å²) in [5, 5.41) is 0. The topological polar surface area (TPSA) is 48.1 Å². The molecule has 0 radical (unpaired) electrons. The monoisotopic (exact) mass is 306 g/mol. The van der Waals surface area contributed by atoms with Crippen LogP contribution in [-0.4, -0.2) is 4.98 Å². The molecular weight excluding hydrogens is 292 g/mol. The van der Waals surface area contributed by atoms with Gasteiger partial charge in [-0.25, -0.2) is 0 Å². The lowest BCUT2D eigenvalue weighted by molar-refractivity contribution is 0.301. The second kappa shape index (κ2) is 5.40. The standard InChI is InChI=1S/C14H15BrN2O/c1-9-3-4-13(16)10(2)14(9)18-8-11-5-12(15)7-17-6-11/h3-7H,8,16H2,1-2H3. The maximum absolute atomic E-state index is 5.88. The Labute approximate surface area is 115 Å². The van der Waals surface area contributed by atoms with Crippen molar-refractivity contribution in [2.24, 2.45) is 0 Å². The van der Waals surface area contributed by atoms with Gasteiger partial charge in [-0.1, -0.05) is 6.07 Å². The zero-order valence-corrected chi connectivity index (χ0v) is 12.0. The summed E-state index contributed by atoms with van der Waals surface area (Å²) in [6.07, 6.45) is 3.54. The van der Waals surface area contributed by atoms with E-state index in [0.29, 0.717) is 6.61 Å². The van der Waals surface area contributed by atoms with Crippen molar-refractivity contribution >= 4 is 21.6 Å². The Morgan fingerprint density at radius 3 is 2.78 bits per heavy atom. The molecule has 3 nitrogen and oxygen atoms in total. The number of rotatable bonds is 3. The van der Waals surface area contributed by atoms with Crippen LogP contribution in [0.3, 0.4) is 0 Å². The number of aryl methyl sites for hydroxylation is 1. The number of nitrogens with zero attached hydrogens (tertiary/aromatic N) is 1. The lowest BCUT2D eigenvalue weighted by Crippen LogP contribution is -2.01. The van der Waals surface area contributed by atoms with Gasteiger partial charge in [0.2, 0.25) is 0 Å². The number of halogens is 1. The van der Waals surface area contributed by atoms with Gasteiger partial charge in [-0.3, -0.25) is 4.98 Å². The Bertz CT molecular complexity index is 570. The minimum absolute atomic E-state index is 0.484. The van der Waals surface area contributed by atoms with Gasteiger partial charge in [-0.2, -0.15) is 0 Å². The fraction of sp³-hybridized carbons (Fsp3) is 0.214. The van der Waals surface area contributed by atoms with Crippen LogP contribution in [-0.2, 0) is 6.61 Å². The molecular formula is C14H15BrN2O. The highest BCUT2D eigenvalue weighted by molar-refractivity contribution is 9.10. The Balaban J connectivity index is 2.18. The molecule has 1 aromatic heterocycles. The molecule has 0 unspecified atom stereocenters. The summed E-state index contributed by atoms with van der Waals surface area (Å²) in [6, 6.07) is 5.86. The molecule has 0 bridgehead atoms. The van der Waals surface area contributed by atoms with E-state index in [0.717, 1.165) is 32.6 Å².